The molecule has 3 rings (SSSR count). The minimum atomic E-state index is -0.477. The van der Waals surface area contributed by atoms with Gasteiger partial charge in [0.15, 0.2) is 9.88 Å². The van der Waals surface area contributed by atoms with Crippen molar-refractivity contribution in [2.24, 2.45) is 17.4 Å². The highest BCUT2D eigenvalue weighted by atomic mass is 32.1. The number of aromatic amines is 2. The lowest BCUT2D eigenvalue weighted by atomic mass is 9.86. The van der Waals surface area contributed by atoms with Crippen LogP contribution in [0.2, 0.25) is 0 Å². The molecule has 12 heteroatoms. The van der Waals surface area contributed by atoms with Crippen LogP contribution >= 0.6 is 24.4 Å². The third-order valence-electron chi connectivity index (χ3n) is 5.35. The van der Waals surface area contributed by atoms with Gasteiger partial charge in [-0.2, -0.15) is 0 Å². The largest absolute Gasteiger partial charge is 0.464 e. The van der Waals surface area contributed by atoms with Gasteiger partial charge in [-0.25, -0.2) is 16.2 Å². The Morgan fingerprint density at radius 3 is 1.97 bits per heavy atom. The summed E-state index contributed by atoms with van der Waals surface area (Å²) in [7, 11) is 1.26. The summed E-state index contributed by atoms with van der Waals surface area (Å²) < 4.78 is 4.46. The van der Waals surface area contributed by atoms with Crippen LogP contribution in [0.15, 0.2) is 4.79 Å². The van der Waals surface area contributed by atoms with Crippen molar-refractivity contribution in [2.45, 2.75) is 70.1 Å². The highest BCUT2D eigenvalue weighted by Gasteiger charge is 2.21. The molecule has 1 heterocycles. The van der Waals surface area contributed by atoms with E-state index >= 15 is 0 Å². The molecular weight excluding hydrogens is 488 g/mol. The number of thiocarbonyl (C=S) groups is 1. The van der Waals surface area contributed by atoms with Crippen LogP contribution in [-0.4, -0.2) is 41.0 Å². The molecule has 0 aliphatic heterocycles. The molecule has 6 N–H and O–H groups in total. The predicted molar refractivity (Wildman–Crippen MR) is 141 cm³/mol. The lowest BCUT2D eigenvalue weighted by Gasteiger charge is -2.22. The molecule has 0 radical (unpaired) electrons. The van der Waals surface area contributed by atoms with Crippen molar-refractivity contribution in [1.82, 2.24) is 9.97 Å². The Morgan fingerprint density at radius 2 is 1.60 bits per heavy atom. The Morgan fingerprint density at radius 1 is 1.09 bits per heavy atom. The Bertz CT molecular complexity index is 993. The first-order valence-electron chi connectivity index (χ1n) is 11.3. The van der Waals surface area contributed by atoms with Crippen molar-refractivity contribution >= 4 is 47.5 Å². The van der Waals surface area contributed by atoms with Crippen LogP contribution in [0, 0.1) is 23.8 Å². The summed E-state index contributed by atoms with van der Waals surface area (Å²) in [4.78, 5) is 43.3. The number of aldehydes is 1. The van der Waals surface area contributed by atoms with E-state index in [4.69, 9.17) is 25.4 Å². The number of carbonyl (C=O) groups is 2. The molecule has 0 atom stereocenters. The van der Waals surface area contributed by atoms with Gasteiger partial charge in [0.2, 0.25) is 0 Å². The fourth-order valence-corrected chi connectivity index (χ4v) is 3.90. The second kappa shape index (κ2) is 19.2. The molecule has 1 aromatic rings. The standard InChI is InChI=1S/C11H13N3OS.C7H12O.C4H5NO2.CH4N2S/c1-12-9-8(7-5-3-2-4-6-7)13-11(16)14-10(9)15;8-6-7-4-2-1-3-5-7;1-5-3-4(6)7-2;2-1(3)4/h7H,2-6H2,(H2,13,14,15,16);6-7H,1-5H2;3H2,2H3;(H4,2,3,4). The van der Waals surface area contributed by atoms with Crippen LogP contribution in [0.3, 0.4) is 0 Å². The van der Waals surface area contributed by atoms with E-state index < -0.39 is 5.97 Å². The summed E-state index contributed by atoms with van der Waals surface area (Å²) in [6, 6.07) is 0. The van der Waals surface area contributed by atoms with Crippen molar-refractivity contribution in [3.05, 3.63) is 43.7 Å². The summed E-state index contributed by atoms with van der Waals surface area (Å²) in [6.45, 7) is 13.1. The summed E-state index contributed by atoms with van der Waals surface area (Å²) in [5.74, 6) is 0.223. The van der Waals surface area contributed by atoms with E-state index in [1.807, 2.05) is 0 Å². The Labute approximate surface area is 216 Å². The quantitative estimate of drug-likeness (QED) is 0.201. The van der Waals surface area contributed by atoms with Gasteiger partial charge in [0.05, 0.1) is 13.7 Å². The van der Waals surface area contributed by atoms with Gasteiger partial charge >= 0.3 is 12.5 Å². The number of H-pyrrole nitrogens is 2. The molecule has 192 valence electrons. The Hall–Kier alpha value is -3.09. The van der Waals surface area contributed by atoms with Gasteiger partial charge in [0, 0.05) is 11.6 Å². The van der Waals surface area contributed by atoms with Crippen LogP contribution in [0.5, 0.6) is 0 Å². The fourth-order valence-electron chi connectivity index (χ4n) is 3.69. The second-order valence-corrected chi connectivity index (χ2v) is 8.83. The third-order valence-corrected chi connectivity index (χ3v) is 5.55. The molecule has 10 nitrogen and oxygen atoms in total. The maximum absolute atomic E-state index is 11.6. The zero-order chi connectivity index (χ0) is 26.6. The van der Waals surface area contributed by atoms with E-state index in [0.717, 1.165) is 50.5 Å². The number of hydrogen-bond donors (Lipinski definition) is 4. The molecule has 2 saturated carbocycles. The van der Waals surface area contributed by atoms with E-state index in [9.17, 15) is 14.4 Å². The molecule has 0 amide bonds. The fraction of sp³-hybridized carbons (Fsp3) is 0.609. The number of hydrogen-bond acceptors (Lipinski definition) is 6. The maximum atomic E-state index is 11.6. The number of ether oxygens (including phenoxy) is 1. The van der Waals surface area contributed by atoms with Gasteiger partial charge < -0.3 is 35.8 Å². The van der Waals surface area contributed by atoms with Crippen LogP contribution in [0.1, 0.15) is 75.8 Å². The van der Waals surface area contributed by atoms with Gasteiger partial charge in [-0.05, 0) is 56.0 Å². The molecule has 0 unspecified atom stereocenters. The molecule has 0 saturated heterocycles. The molecule has 2 aliphatic rings. The van der Waals surface area contributed by atoms with E-state index in [1.165, 1.54) is 32.8 Å². The zero-order valence-electron chi connectivity index (χ0n) is 20.0. The number of aromatic nitrogens is 2. The minimum Gasteiger partial charge on any atom is -0.464 e. The Balaban J connectivity index is 0.000000511. The van der Waals surface area contributed by atoms with E-state index in [-0.39, 0.29) is 22.9 Å². The average Bonchev–Trinajstić information content (AvgIpc) is 2.85. The molecule has 2 fully saturated rings. The molecule has 0 spiro atoms. The van der Waals surface area contributed by atoms with E-state index in [1.54, 1.807) is 0 Å². The highest BCUT2D eigenvalue weighted by molar-refractivity contribution is 7.80. The average molecular weight is 523 g/mol. The van der Waals surface area contributed by atoms with Gasteiger partial charge in [0.1, 0.15) is 6.29 Å². The van der Waals surface area contributed by atoms with Gasteiger partial charge in [-0.3, -0.25) is 4.79 Å². The molecule has 0 aromatic carbocycles. The van der Waals surface area contributed by atoms with Gasteiger partial charge in [0.25, 0.3) is 11.2 Å². The molecule has 1 aromatic heterocycles. The number of esters is 1. The minimum absolute atomic E-state index is 0.000000000000000222. The lowest BCUT2D eigenvalue weighted by molar-refractivity contribution is -0.138. The topological polar surface area (TPSA) is 153 Å². The SMILES string of the molecule is NC(N)=S.O=CC1CCCCC1.[C-]#[N+]CC(=O)OC.[C-]#[N+]c1c(C2CCCCC2)[nH]c(=S)[nH]c1=O. The van der Waals surface area contributed by atoms with Crippen molar-refractivity contribution < 1.29 is 14.3 Å². The number of rotatable bonds is 3. The van der Waals surface area contributed by atoms with Crippen molar-refractivity contribution in [2.75, 3.05) is 13.7 Å². The number of nitrogens with one attached hydrogen (secondary N) is 2. The first-order chi connectivity index (χ1) is 16.7. The maximum Gasteiger partial charge on any atom is 0.386 e. The Kier molecular flexibility index (Phi) is 17.5. The van der Waals surface area contributed by atoms with Gasteiger partial charge in [-0.1, -0.05) is 38.5 Å². The summed E-state index contributed by atoms with van der Waals surface area (Å²) >= 11 is 9.04. The van der Waals surface area contributed by atoms with Crippen LogP contribution in [0.4, 0.5) is 5.69 Å². The predicted octanol–water partition coefficient (Wildman–Crippen LogP) is 4.06. The number of methoxy groups -OCH3 is 1. The zero-order valence-corrected chi connectivity index (χ0v) is 21.6. The summed E-state index contributed by atoms with van der Waals surface area (Å²) in [5, 5.41) is 0.000000000000000222. The van der Waals surface area contributed by atoms with Crippen LogP contribution < -0.4 is 17.0 Å². The third kappa shape index (κ3) is 14.7. The van der Waals surface area contributed by atoms with Crippen LogP contribution in [-0.2, 0) is 14.3 Å². The number of nitrogens with two attached hydrogens (primary N) is 2. The monoisotopic (exact) mass is 522 g/mol. The first kappa shape index (κ1) is 31.9. The lowest BCUT2D eigenvalue weighted by Crippen LogP contribution is -2.18. The normalized spacial score (nSPS) is 15.1. The molecule has 35 heavy (non-hydrogen) atoms. The number of carbonyl (C=O) groups excluding carboxylic acids is 2. The molecular formula is C23H34N6O4S2. The van der Waals surface area contributed by atoms with Crippen molar-refractivity contribution in [3.8, 4) is 0 Å². The van der Waals surface area contributed by atoms with Crippen molar-refractivity contribution in [3.63, 3.8) is 0 Å². The first-order valence-corrected chi connectivity index (χ1v) is 12.2. The number of nitrogens with zero attached hydrogens (tertiary/aromatic N) is 2. The van der Waals surface area contributed by atoms with Crippen LogP contribution in [0.25, 0.3) is 9.69 Å². The summed E-state index contributed by atoms with van der Waals surface area (Å²) in [5.41, 5.74) is 9.80. The van der Waals surface area contributed by atoms with E-state index in [0.29, 0.717) is 16.6 Å². The highest BCUT2D eigenvalue weighted by Crippen LogP contribution is 2.34. The van der Waals surface area contributed by atoms with Crippen molar-refractivity contribution in [1.29, 1.82) is 0 Å². The molecule has 0 bridgehead atoms. The smallest absolute Gasteiger partial charge is 0.386 e. The van der Waals surface area contributed by atoms with Gasteiger partial charge in [-0.15, -0.1) is 0 Å². The molecule has 2 aliphatic carbocycles. The summed E-state index contributed by atoms with van der Waals surface area (Å²) in [6.07, 6.45) is 12.9. The van der Waals surface area contributed by atoms with E-state index in [2.05, 4.69) is 48.1 Å². The second-order valence-electron chi connectivity index (χ2n) is 7.95.